The van der Waals surface area contributed by atoms with Crippen molar-refractivity contribution in [1.82, 2.24) is 19.8 Å². The van der Waals surface area contributed by atoms with Crippen molar-refractivity contribution >= 4 is 45.9 Å². The maximum absolute atomic E-state index is 12.5. The number of nitrogens with one attached hydrogen (secondary N) is 2. The van der Waals surface area contributed by atoms with Crippen LogP contribution in [0.25, 0.3) is 0 Å². The number of carbonyl (C=O) groups excluding carboxylic acids is 1. The largest absolute Gasteiger partial charge is 0.368 e. The molecule has 1 aromatic carbocycles. The summed E-state index contributed by atoms with van der Waals surface area (Å²) < 4.78 is 32.8. The summed E-state index contributed by atoms with van der Waals surface area (Å²) in [6.07, 6.45) is 1.47. The molecule has 1 aromatic rings. The van der Waals surface area contributed by atoms with E-state index in [1.54, 1.807) is 31.3 Å². The van der Waals surface area contributed by atoms with Crippen LogP contribution in [0.5, 0.6) is 0 Å². The molecule has 2 aliphatic heterocycles. The summed E-state index contributed by atoms with van der Waals surface area (Å²) in [7, 11) is -1.83. The first-order valence-electron chi connectivity index (χ1n) is 10.3. The first-order chi connectivity index (χ1) is 14.4. The Kier molecular flexibility index (Phi) is 9.97. The van der Waals surface area contributed by atoms with E-state index in [1.807, 2.05) is 11.8 Å². The maximum atomic E-state index is 12.5. The molecule has 0 spiro atoms. The fourth-order valence-electron chi connectivity index (χ4n) is 3.61. The Bertz CT molecular complexity index is 849. The van der Waals surface area contributed by atoms with Gasteiger partial charge in [-0.15, -0.1) is 24.0 Å². The van der Waals surface area contributed by atoms with Crippen LogP contribution in [0.3, 0.4) is 0 Å². The number of piperazine rings is 1. The van der Waals surface area contributed by atoms with E-state index in [0.717, 1.165) is 18.4 Å². The number of aliphatic imine (C=N–C) groups is 1. The monoisotopic (exact) mass is 565 g/mol. The topological polar surface area (TPSA) is 103 Å². The van der Waals surface area contributed by atoms with E-state index < -0.39 is 10.0 Å². The zero-order valence-corrected chi connectivity index (χ0v) is 21.2. The van der Waals surface area contributed by atoms with Crippen LogP contribution >= 0.6 is 24.0 Å². The predicted molar refractivity (Wildman–Crippen MR) is 130 cm³/mol. The summed E-state index contributed by atoms with van der Waals surface area (Å²) in [4.78, 5) is 20.9. The minimum Gasteiger partial charge on any atom is -0.368 e. The van der Waals surface area contributed by atoms with Crippen molar-refractivity contribution in [3.63, 3.8) is 0 Å². The molecule has 0 radical (unpaired) electrons. The molecule has 0 aromatic heterocycles. The van der Waals surface area contributed by atoms with Crippen molar-refractivity contribution in [2.24, 2.45) is 4.99 Å². The predicted octanol–water partition coefficient (Wildman–Crippen LogP) is 0.790. The average Bonchev–Trinajstić information content (AvgIpc) is 3.29. The Morgan fingerprint density at radius 1 is 1.13 bits per heavy atom. The normalized spacial score (nSPS) is 19.8. The number of guanidine groups is 1. The molecule has 11 heteroatoms. The van der Waals surface area contributed by atoms with Crippen molar-refractivity contribution in [2.45, 2.75) is 30.8 Å². The van der Waals surface area contributed by atoms with Crippen LogP contribution in [0.1, 0.15) is 18.4 Å². The van der Waals surface area contributed by atoms with Gasteiger partial charge < -0.3 is 19.9 Å². The van der Waals surface area contributed by atoms with Crippen LogP contribution < -0.4 is 10.0 Å². The first-order valence-corrected chi connectivity index (χ1v) is 11.8. The SMILES string of the molecule is CN=C(NCCNS(=O)(=O)c1ccc(C)cc1)N1CCN(C(=O)C2CCCO2)CC1.I. The van der Waals surface area contributed by atoms with E-state index in [-0.39, 0.29) is 47.4 Å². The van der Waals surface area contributed by atoms with Gasteiger partial charge in [-0.25, -0.2) is 13.1 Å². The number of hydrogen-bond acceptors (Lipinski definition) is 5. The van der Waals surface area contributed by atoms with E-state index in [1.165, 1.54) is 0 Å². The lowest BCUT2D eigenvalue weighted by Crippen LogP contribution is -2.55. The molecular weight excluding hydrogens is 533 g/mol. The number of carbonyl (C=O) groups is 1. The number of nitrogens with zero attached hydrogens (tertiary/aromatic N) is 3. The number of amides is 1. The second-order valence-electron chi connectivity index (χ2n) is 7.50. The lowest BCUT2D eigenvalue weighted by atomic mass is 10.2. The fraction of sp³-hybridized carbons (Fsp3) is 0.600. The van der Waals surface area contributed by atoms with E-state index in [2.05, 4.69) is 19.9 Å². The van der Waals surface area contributed by atoms with Crippen LogP contribution in [0.15, 0.2) is 34.2 Å². The molecule has 2 heterocycles. The van der Waals surface area contributed by atoms with Gasteiger partial charge >= 0.3 is 0 Å². The lowest BCUT2D eigenvalue weighted by molar-refractivity contribution is -0.142. The molecule has 2 fully saturated rings. The van der Waals surface area contributed by atoms with Crippen LogP contribution in [-0.2, 0) is 19.6 Å². The van der Waals surface area contributed by atoms with Crippen LogP contribution in [0, 0.1) is 6.92 Å². The van der Waals surface area contributed by atoms with Crippen molar-refractivity contribution < 1.29 is 17.9 Å². The fourth-order valence-corrected chi connectivity index (χ4v) is 4.64. The number of halogens is 1. The summed E-state index contributed by atoms with van der Waals surface area (Å²) in [6.45, 7) is 5.83. The molecule has 31 heavy (non-hydrogen) atoms. The molecule has 0 aliphatic carbocycles. The molecule has 0 saturated carbocycles. The number of hydrogen-bond donors (Lipinski definition) is 2. The van der Waals surface area contributed by atoms with Gasteiger partial charge in [0.25, 0.3) is 5.91 Å². The Morgan fingerprint density at radius 3 is 2.35 bits per heavy atom. The molecule has 9 nitrogen and oxygen atoms in total. The highest BCUT2D eigenvalue weighted by Crippen LogP contribution is 2.16. The molecule has 0 bridgehead atoms. The van der Waals surface area contributed by atoms with Gasteiger partial charge in [0.15, 0.2) is 5.96 Å². The average molecular weight is 565 g/mol. The molecule has 2 aliphatic rings. The van der Waals surface area contributed by atoms with Gasteiger partial charge in [0.2, 0.25) is 10.0 Å². The van der Waals surface area contributed by atoms with Gasteiger partial charge in [0.1, 0.15) is 6.10 Å². The highest BCUT2D eigenvalue weighted by molar-refractivity contribution is 14.0. The summed E-state index contributed by atoms with van der Waals surface area (Å²) in [5.41, 5.74) is 1.01. The zero-order valence-electron chi connectivity index (χ0n) is 18.0. The first kappa shape index (κ1) is 25.8. The Hall–Kier alpha value is -1.44. The Morgan fingerprint density at radius 2 is 1.77 bits per heavy atom. The van der Waals surface area contributed by atoms with Crippen LogP contribution in [0.4, 0.5) is 0 Å². The second kappa shape index (κ2) is 12.0. The smallest absolute Gasteiger partial charge is 0.251 e. The van der Waals surface area contributed by atoms with Crippen molar-refractivity contribution in [2.75, 3.05) is 52.9 Å². The zero-order chi connectivity index (χ0) is 21.6. The molecular formula is C20H32IN5O4S. The molecule has 1 unspecified atom stereocenters. The Labute approximate surface area is 201 Å². The maximum Gasteiger partial charge on any atom is 0.251 e. The quantitative estimate of drug-likeness (QED) is 0.229. The third-order valence-corrected chi connectivity index (χ3v) is 6.82. The summed E-state index contributed by atoms with van der Waals surface area (Å²) >= 11 is 0. The van der Waals surface area contributed by atoms with Crippen molar-refractivity contribution in [1.29, 1.82) is 0 Å². The third-order valence-electron chi connectivity index (χ3n) is 5.34. The van der Waals surface area contributed by atoms with Crippen molar-refractivity contribution in [3.8, 4) is 0 Å². The molecule has 2 N–H and O–H groups in total. The van der Waals surface area contributed by atoms with E-state index in [0.29, 0.717) is 45.3 Å². The van der Waals surface area contributed by atoms with E-state index in [9.17, 15) is 13.2 Å². The second-order valence-corrected chi connectivity index (χ2v) is 9.27. The number of aryl methyl sites for hydroxylation is 1. The summed E-state index contributed by atoms with van der Waals surface area (Å²) in [5.74, 6) is 0.786. The Balaban J connectivity index is 0.00000341. The highest BCUT2D eigenvalue weighted by Gasteiger charge is 2.30. The standard InChI is InChI=1S/C20H31N5O4S.HI/c1-16-5-7-17(8-6-16)30(27,28)23-10-9-22-20(21-2)25-13-11-24(12-14-25)19(26)18-4-3-15-29-18;/h5-8,18,23H,3-4,9-15H2,1-2H3,(H,21,22);1H. The van der Waals surface area contributed by atoms with Gasteiger partial charge in [-0.1, -0.05) is 17.7 Å². The highest BCUT2D eigenvalue weighted by atomic mass is 127. The van der Waals surface area contributed by atoms with Gasteiger partial charge in [0, 0.05) is 52.9 Å². The molecule has 3 rings (SSSR count). The third kappa shape index (κ3) is 7.02. The molecule has 2 saturated heterocycles. The summed E-state index contributed by atoms with van der Waals surface area (Å²) in [6, 6.07) is 6.75. The number of rotatable bonds is 6. The summed E-state index contributed by atoms with van der Waals surface area (Å²) in [5, 5.41) is 3.19. The van der Waals surface area contributed by atoms with Gasteiger partial charge in [-0.2, -0.15) is 0 Å². The van der Waals surface area contributed by atoms with E-state index in [4.69, 9.17) is 4.74 Å². The minimum absolute atomic E-state index is 0. The molecule has 1 amide bonds. The van der Waals surface area contributed by atoms with Gasteiger partial charge in [0.05, 0.1) is 4.90 Å². The van der Waals surface area contributed by atoms with Crippen molar-refractivity contribution in [3.05, 3.63) is 29.8 Å². The van der Waals surface area contributed by atoms with Crippen LogP contribution in [-0.4, -0.2) is 89.1 Å². The van der Waals surface area contributed by atoms with Crippen LogP contribution in [0.2, 0.25) is 0 Å². The minimum atomic E-state index is -3.53. The van der Waals surface area contributed by atoms with E-state index >= 15 is 0 Å². The lowest BCUT2D eigenvalue weighted by Gasteiger charge is -2.37. The molecule has 174 valence electrons. The number of ether oxygens (including phenoxy) is 1. The number of benzene rings is 1. The molecule has 1 atom stereocenters. The number of sulfonamides is 1. The van der Waals surface area contributed by atoms with Gasteiger partial charge in [-0.3, -0.25) is 9.79 Å². The van der Waals surface area contributed by atoms with Gasteiger partial charge in [-0.05, 0) is 31.9 Å².